The fraction of sp³-hybridized carbons (Fsp3) is 0.538. The molecule has 0 unspecified atom stereocenters. The molecule has 1 saturated heterocycles. The van der Waals surface area contributed by atoms with Crippen molar-refractivity contribution in [1.29, 1.82) is 0 Å². The summed E-state index contributed by atoms with van der Waals surface area (Å²) in [4.78, 5) is 2.47. The number of halogens is 3. The van der Waals surface area contributed by atoms with E-state index < -0.39 is 23.9 Å². The zero-order valence-electron chi connectivity index (χ0n) is 10.7. The second kappa shape index (κ2) is 6.34. The maximum atomic E-state index is 12.5. The first-order valence-corrected chi connectivity index (χ1v) is 7.23. The van der Waals surface area contributed by atoms with Gasteiger partial charge in [0.25, 0.3) is 0 Å². The lowest BCUT2D eigenvalue weighted by molar-refractivity contribution is -0.137. The van der Waals surface area contributed by atoms with Gasteiger partial charge in [-0.2, -0.15) is 13.2 Å². The fourth-order valence-corrected chi connectivity index (χ4v) is 3.05. The number of nitrogens with zero attached hydrogens (tertiary/aromatic N) is 1. The monoisotopic (exact) mass is 307 g/mol. The van der Waals surface area contributed by atoms with Gasteiger partial charge >= 0.3 is 6.18 Å². The Balaban J connectivity index is 1.83. The molecule has 2 rings (SSSR count). The molecule has 0 aliphatic carbocycles. The van der Waals surface area contributed by atoms with Crippen LogP contribution >= 0.6 is 11.8 Å². The van der Waals surface area contributed by atoms with Crippen molar-refractivity contribution in [3.8, 4) is 0 Å². The summed E-state index contributed by atoms with van der Waals surface area (Å²) in [6.45, 7) is 1.43. The Bertz CT molecular complexity index is 445. The Labute approximate surface area is 119 Å². The van der Waals surface area contributed by atoms with Gasteiger partial charge in [-0.3, -0.25) is 4.90 Å². The summed E-state index contributed by atoms with van der Waals surface area (Å²) in [6, 6.07) is 5.23. The number of rotatable bonds is 4. The molecule has 2 atom stereocenters. The zero-order valence-corrected chi connectivity index (χ0v) is 11.5. The second-order valence-electron chi connectivity index (χ2n) is 4.77. The Morgan fingerprint density at radius 1 is 1.20 bits per heavy atom. The van der Waals surface area contributed by atoms with Crippen LogP contribution in [0.2, 0.25) is 0 Å². The molecule has 0 radical (unpaired) electrons. The van der Waals surface area contributed by atoms with Crippen LogP contribution in [0.25, 0.3) is 0 Å². The lowest BCUT2D eigenvalue weighted by Crippen LogP contribution is -2.24. The molecule has 3 nitrogen and oxygen atoms in total. The number of benzene rings is 1. The van der Waals surface area contributed by atoms with Crippen LogP contribution in [0.1, 0.15) is 5.56 Å². The number of alkyl halides is 3. The summed E-state index contributed by atoms with van der Waals surface area (Å²) in [5.41, 5.74) is -0.644. The number of hydrogen-bond donors (Lipinski definition) is 2. The highest BCUT2D eigenvalue weighted by atomic mass is 32.2. The minimum absolute atomic E-state index is 0.407. The molecule has 1 aromatic rings. The van der Waals surface area contributed by atoms with E-state index >= 15 is 0 Å². The van der Waals surface area contributed by atoms with E-state index in [-0.39, 0.29) is 0 Å². The summed E-state index contributed by atoms with van der Waals surface area (Å²) >= 11 is 1.34. The molecule has 0 amide bonds. The fourth-order valence-electron chi connectivity index (χ4n) is 2.08. The Morgan fingerprint density at radius 2 is 1.85 bits per heavy atom. The highest BCUT2D eigenvalue weighted by Crippen LogP contribution is 2.31. The predicted molar refractivity (Wildman–Crippen MR) is 70.6 cm³/mol. The Kier molecular flexibility index (Phi) is 4.95. The van der Waals surface area contributed by atoms with Gasteiger partial charge < -0.3 is 10.2 Å². The van der Waals surface area contributed by atoms with Crippen LogP contribution in [0.15, 0.2) is 29.2 Å². The van der Waals surface area contributed by atoms with Crippen molar-refractivity contribution in [1.82, 2.24) is 4.90 Å². The predicted octanol–water partition coefficient (Wildman–Crippen LogP) is 1.83. The molecule has 0 saturated carbocycles. The number of aliphatic hydroxyl groups is 2. The third kappa shape index (κ3) is 4.12. The minimum Gasteiger partial charge on any atom is -0.389 e. The van der Waals surface area contributed by atoms with Crippen molar-refractivity contribution >= 4 is 11.8 Å². The van der Waals surface area contributed by atoms with Crippen molar-refractivity contribution in [2.45, 2.75) is 23.3 Å². The topological polar surface area (TPSA) is 43.7 Å². The van der Waals surface area contributed by atoms with Gasteiger partial charge in [0.05, 0.1) is 17.8 Å². The van der Waals surface area contributed by atoms with E-state index in [4.69, 9.17) is 0 Å². The first kappa shape index (κ1) is 15.6. The number of aliphatic hydroxyl groups excluding tert-OH is 2. The van der Waals surface area contributed by atoms with E-state index in [1.165, 1.54) is 17.8 Å². The van der Waals surface area contributed by atoms with Gasteiger partial charge in [-0.05, 0) is 18.2 Å². The normalized spacial score (nSPS) is 24.2. The molecule has 1 aliphatic heterocycles. The minimum atomic E-state index is -4.32. The molecule has 1 aromatic carbocycles. The van der Waals surface area contributed by atoms with Crippen LogP contribution in [0.3, 0.4) is 0 Å². The van der Waals surface area contributed by atoms with E-state index in [9.17, 15) is 23.4 Å². The van der Waals surface area contributed by atoms with Crippen molar-refractivity contribution in [3.05, 3.63) is 29.8 Å². The summed E-state index contributed by atoms with van der Waals surface area (Å²) in [6.07, 6.45) is -5.78. The molecule has 0 spiro atoms. The van der Waals surface area contributed by atoms with Gasteiger partial charge in [-0.15, -0.1) is 11.8 Å². The molecular formula is C13H16F3NO2S. The molecule has 20 heavy (non-hydrogen) atoms. The van der Waals surface area contributed by atoms with Crippen LogP contribution in [0, 0.1) is 0 Å². The third-order valence-electron chi connectivity index (χ3n) is 3.17. The van der Waals surface area contributed by atoms with Gasteiger partial charge in [0, 0.05) is 30.3 Å². The van der Waals surface area contributed by atoms with Gasteiger partial charge in [0.2, 0.25) is 0 Å². The van der Waals surface area contributed by atoms with Crippen LogP contribution in [0.5, 0.6) is 0 Å². The smallest absolute Gasteiger partial charge is 0.389 e. The largest absolute Gasteiger partial charge is 0.416 e. The van der Waals surface area contributed by atoms with Gasteiger partial charge in [-0.1, -0.05) is 6.07 Å². The number of thioether (sulfide) groups is 1. The molecule has 1 aliphatic rings. The van der Waals surface area contributed by atoms with E-state index in [2.05, 4.69) is 0 Å². The Hall–Kier alpha value is -0.760. The van der Waals surface area contributed by atoms with Crippen molar-refractivity contribution in [2.75, 3.05) is 25.4 Å². The first-order valence-electron chi connectivity index (χ1n) is 6.25. The second-order valence-corrected chi connectivity index (χ2v) is 5.94. The highest BCUT2D eigenvalue weighted by Gasteiger charge is 2.31. The molecule has 1 heterocycles. The average Bonchev–Trinajstić information content (AvgIpc) is 2.68. The van der Waals surface area contributed by atoms with Gasteiger partial charge in [0.15, 0.2) is 0 Å². The van der Waals surface area contributed by atoms with Gasteiger partial charge in [-0.25, -0.2) is 0 Å². The van der Waals surface area contributed by atoms with Crippen LogP contribution < -0.4 is 0 Å². The summed E-state index contributed by atoms with van der Waals surface area (Å²) < 4.78 is 37.6. The molecule has 2 N–H and O–H groups in total. The lowest BCUT2D eigenvalue weighted by Gasteiger charge is -2.14. The molecular weight excluding hydrogens is 291 g/mol. The quantitative estimate of drug-likeness (QED) is 0.833. The number of β-amino-alcohol motifs (C(OH)–C–C–N with tert-alkyl or cyclic N) is 2. The maximum Gasteiger partial charge on any atom is 0.416 e. The van der Waals surface area contributed by atoms with Crippen LogP contribution in [0.4, 0.5) is 13.2 Å². The summed E-state index contributed by atoms with van der Waals surface area (Å²) in [7, 11) is 0. The standard InChI is InChI=1S/C13H16F3NO2S/c14-13(15,16)9-2-1-3-10(6-9)20-5-4-17-7-11(18)12(19)8-17/h1-3,6,11-12,18-19H,4-5,7-8H2/t11-,12+. The highest BCUT2D eigenvalue weighted by molar-refractivity contribution is 7.99. The van der Waals surface area contributed by atoms with E-state index in [1.807, 2.05) is 4.90 Å². The molecule has 0 bridgehead atoms. The Morgan fingerprint density at radius 3 is 2.45 bits per heavy atom. The van der Waals surface area contributed by atoms with Crippen molar-refractivity contribution in [2.24, 2.45) is 0 Å². The van der Waals surface area contributed by atoms with E-state index in [0.29, 0.717) is 30.3 Å². The lowest BCUT2D eigenvalue weighted by atomic mass is 10.2. The van der Waals surface area contributed by atoms with Crippen LogP contribution in [-0.2, 0) is 6.18 Å². The summed E-state index contributed by atoms with van der Waals surface area (Å²) in [5.74, 6) is 0.612. The van der Waals surface area contributed by atoms with E-state index in [1.54, 1.807) is 6.07 Å². The molecule has 1 fully saturated rings. The summed E-state index contributed by atoms with van der Waals surface area (Å²) in [5, 5.41) is 18.8. The van der Waals surface area contributed by atoms with Crippen LogP contribution in [-0.4, -0.2) is 52.7 Å². The molecule has 7 heteroatoms. The SMILES string of the molecule is O[C@@H]1CN(CCSc2cccc(C(F)(F)F)c2)C[C@@H]1O. The molecule has 112 valence electrons. The zero-order chi connectivity index (χ0) is 14.8. The van der Waals surface area contributed by atoms with Crippen molar-refractivity contribution in [3.63, 3.8) is 0 Å². The van der Waals surface area contributed by atoms with Gasteiger partial charge in [0.1, 0.15) is 0 Å². The molecule has 0 aromatic heterocycles. The number of hydrogen-bond acceptors (Lipinski definition) is 4. The number of likely N-dealkylation sites (tertiary alicyclic amines) is 1. The maximum absolute atomic E-state index is 12.5. The first-order chi connectivity index (χ1) is 9.36. The average molecular weight is 307 g/mol. The third-order valence-corrected chi connectivity index (χ3v) is 4.15. The van der Waals surface area contributed by atoms with Crippen molar-refractivity contribution < 1.29 is 23.4 Å². The van der Waals surface area contributed by atoms with E-state index in [0.717, 1.165) is 12.1 Å².